The number of hydrogen-bond donors (Lipinski definition) is 1. The summed E-state index contributed by atoms with van der Waals surface area (Å²) in [6.07, 6.45) is 5.51. The number of aliphatic imine (C=N–C) groups is 2. The van der Waals surface area contributed by atoms with E-state index in [2.05, 4.69) is 23.8 Å². The molecule has 0 unspecified atom stereocenters. The summed E-state index contributed by atoms with van der Waals surface area (Å²) < 4.78 is 29.2. The quantitative estimate of drug-likeness (QED) is 0.598. The fourth-order valence-corrected chi connectivity index (χ4v) is 2.88. The number of benzene rings is 2. The van der Waals surface area contributed by atoms with E-state index in [0.29, 0.717) is 5.56 Å². The Morgan fingerprint density at radius 2 is 1.78 bits per heavy atom. The minimum Gasteiger partial charge on any atom is -0.507 e. The van der Waals surface area contributed by atoms with Crippen LogP contribution in [-0.4, -0.2) is 17.7 Å². The molecule has 0 amide bonds. The minimum atomic E-state index is -0.789. The van der Waals surface area contributed by atoms with E-state index in [1.54, 1.807) is 6.21 Å². The number of nitrogens with zero attached hydrogens (tertiary/aromatic N) is 2. The van der Waals surface area contributed by atoms with Crippen molar-refractivity contribution in [1.29, 1.82) is 0 Å². The first-order chi connectivity index (χ1) is 12.7. The van der Waals surface area contributed by atoms with Crippen LogP contribution in [-0.2, 0) is 5.41 Å². The molecular weight excluding hydrogens is 370 g/mol. The summed E-state index contributed by atoms with van der Waals surface area (Å²) in [4.78, 5) is 8.00. The van der Waals surface area contributed by atoms with Crippen LogP contribution in [0.25, 0.3) is 11.1 Å². The maximum absolute atomic E-state index is 15.1. The molecule has 0 spiro atoms. The fourth-order valence-electron chi connectivity index (χ4n) is 2.60. The van der Waals surface area contributed by atoms with Crippen LogP contribution < -0.4 is 0 Å². The summed E-state index contributed by atoms with van der Waals surface area (Å²) in [5.74, 6) is -1.94. The number of unbranched alkanes of at least 4 members (excludes halogenated alkanes) is 1. The number of phenols is 1. The smallest absolute Gasteiger partial charge is 0.158 e. The van der Waals surface area contributed by atoms with Gasteiger partial charge in [-0.05, 0) is 23.8 Å². The highest BCUT2D eigenvalue weighted by Crippen LogP contribution is 2.45. The summed E-state index contributed by atoms with van der Waals surface area (Å²) in [6, 6.07) is 5.28. The number of phenolic OH excluding ortho intramolecular Hbond substituents is 1. The first-order valence-electron chi connectivity index (χ1n) is 8.81. The van der Waals surface area contributed by atoms with Crippen LogP contribution >= 0.6 is 11.6 Å². The van der Waals surface area contributed by atoms with Gasteiger partial charge in [-0.1, -0.05) is 58.2 Å². The van der Waals surface area contributed by atoms with Crippen LogP contribution in [0, 0.1) is 11.6 Å². The van der Waals surface area contributed by atoms with Crippen LogP contribution in [0.5, 0.6) is 5.75 Å². The molecule has 1 N–H and O–H groups in total. The Bertz CT molecular complexity index is 870. The van der Waals surface area contributed by atoms with Gasteiger partial charge in [0.2, 0.25) is 0 Å². The monoisotopic (exact) mass is 392 g/mol. The molecule has 0 aliphatic carbocycles. The van der Waals surface area contributed by atoms with Gasteiger partial charge in [-0.25, -0.2) is 18.8 Å². The van der Waals surface area contributed by atoms with Crippen molar-refractivity contribution in [3.8, 4) is 16.9 Å². The molecule has 144 valence electrons. The van der Waals surface area contributed by atoms with Gasteiger partial charge in [0, 0.05) is 17.2 Å². The van der Waals surface area contributed by atoms with Crippen LogP contribution in [0.4, 0.5) is 14.5 Å². The van der Waals surface area contributed by atoms with Gasteiger partial charge in [0.25, 0.3) is 0 Å². The maximum atomic E-state index is 15.1. The van der Waals surface area contributed by atoms with Gasteiger partial charge in [0.1, 0.15) is 23.6 Å². The van der Waals surface area contributed by atoms with Crippen LogP contribution in [0.15, 0.2) is 34.3 Å². The van der Waals surface area contributed by atoms with E-state index in [0.717, 1.165) is 6.07 Å². The molecule has 2 aromatic rings. The van der Waals surface area contributed by atoms with Gasteiger partial charge in [-0.2, -0.15) is 0 Å². The highest BCUT2D eigenvalue weighted by Gasteiger charge is 2.30. The van der Waals surface area contributed by atoms with Crippen molar-refractivity contribution >= 4 is 29.8 Å². The van der Waals surface area contributed by atoms with Crippen molar-refractivity contribution in [2.24, 2.45) is 9.98 Å². The SMILES string of the molecule is CC1(C)C=NC=Nc2c1cc(Cl)c(-c1c(O)cccc1F)c2F.CCCC. The topological polar surface area (TPSA) is 45.0 Å². The van der Waals surface area contributed by atoms with Crippen molar-refractivity contribution < 1.29 is 13.9 Å². The molecule has 0 aromatic heterocycles. The Kier molecular flexibility index (Phi) is 6.71. The van der Waals surface area contributed by atoms with Gasteiger partial charge >= 0.3 is 0 Å². The number of halogens is 3. The normalized spacial score (nSPS) is 14.2. The zero-order valence-electron chi connectivity index (χ0n) is 15.9. The van der Waals surface area contributed by atoms with Crippen molar-refractivity contribution in [2.75, 3.05) is 0 Å². The first-order valence-corrected chi connectivity index (χ1v) is 9.19. The van der Waals surface area contributed by atoms with E-state index in [1.165, 1.54) is 37.4 Å². The molecule has 0 radical (unpaired) electrons. The minimum absolute atomic E-state index is 0.000208. The Morgan fingerprint density at radius 3 is 2.37 bits per heavy atom. The summed E-state index contributed by atoms with van der Waals surface area (Å²) in [5, 5.41) is 9.93. The van der Waals surface area contributed by atoms with Crippen LogP contribution in [0.2, 0.25) is 5.02 Å². The molecule has 1 aliphatic heterocycles. The second kappa shape index (κ2) is 8.61. The van der Waals surface area contributed by atoms with E-state index in [-0.39, 0.29) is 27.6 Å². The third-order valence-electron chi connectivity index (χ3n) is 4.28. The average Bonchev–Trinajstić information content (AvgIpc) is 2.76. The molecule has 1 heterocycles. The zero-order chi connectivity index (χ0) is 20.2. The molecule has 1 aliphatic rings. The van der Waals surface area contributed by atoms with Crippen molar-refractivity contribution in [3.05, 3.63) is 46.5 Å². The highest BCUT2D eigenvalue weighted by atomic mass is 35.5. The van der Waals surface area contributed by atoms with Gasteiger partial charge < -0.3 is 5.11 Å². The highest BCUT2D eigenvalue weighted by molar-refractivity contribution is 6.33. The predicted molar refractivity (Wildman–Crippen MR) is 109 cm³/mol. The number of hydrogen-bond acceptors (Lipinski definition) is 3. The van der Waals surface area contributed by atoms with E-state index in [9.17, 15) is 9.50 Å². The van der Waals surface area contributed by atoms with Crippen molar-refractivity contribution in [3.63, 3.8) is 0 Å². The molecular formula is C21H23ClF2N2O. The Balaban J connectivity index is 0.000000596. The molecule has 27 heavy (non-hydrogen) atoms. The van der Waals surface area contributed by atoms with E-state index in [4.69, 9.17) is 11.6 Å². The summed E-state index contributed by atoms with van der Waals surface area (Å²) >= 11 is 6.21. The van der Waals surface area contributed by atoms with Crippen molar-refractivity contribution in [1.82, 2.24) is 0 Å². The Labute approximate surface area is 163 Å². The second-order valence-electron chi connectivity index (χ2n) is 6.82. The largest absolute Gasteiger partial charge is 0.507 e. The first kappa shape index (κ1) is 21.0. The van der Waals surface area contributed by atoms with Gasteiger partial charge in [-0.3, -0.25) is 0 Å². The molecule has 3 nitrogen and oxygen atoms in total. The molecule has 0 bridgehead atoms. The molecule has 6 heteroatoms. The van der Waals surface area contributed by atoms with Gasteiger partial charge in [0.15, 0.2) is 5.82 Å². The van der Waals surface area contributed by atoms with Gasteiger partial charge in [0.05, 0.1) is 10.6 Å². The standard InChI is InChI=1S/C17H13ClF2N2O.C4H10/c1-17(2)7-21-8-22-16-9(17)6-10(18)13(15(16)20)14-11(19)4-3-5-12(14)23;1-3-4-2/h3-8,23H,1-2H3;3-4H2,1-2H3. The molecule has 0 atom stereocenters. The second-order valence-corrected chi connectivity index (χ2v) is 7.23. The summed E-state index contributed by atoms with van der Waals surface area (Å²) in [6.45, 7) is 8.06. The lowest BCUT2D eigenvalue weighted by molar-refractivity contribution is 0.471. The fraction of sp³-hybridized carbons (Fsp3) is 0.333. The molecule has 0 fully saturated rings. The Morgan fingerprint density at radius 1 is 1.11 bits per heavy atom. The van der Waals surface area contributed by atoms with E-state index in [1.807, 2.05) is 13.8 Å². The third kappa shape index (κ3) is 4.35. The lowest BCUT2D eigenvalue weighted by atomic mass is 9.83. The lowest BCUT2D eigenvalue weighted by Crippen LogP contribution is -2.19. The number of aromatic hydroxyl groups is 1. The number of rotatable bonds is 2. The van der Waals surface area contributed by atoms with Gasteiger partial charge in [-0.15, -0.1) is 0 Å². The molecule has 2 aromatic carbocycles. The van der Waals surface area contributed by atoms with Crippen LogP contribution in [0.1, 0.15) is 46.1 Å². The third-order valence-corrected chi connectivity index (χ3v) is 4.58. The van der Waals surface area contributed by atoms with Crippen molar-refractivity contribution in [2.45, 2.75) is 46.0 Å². The van der Waals surface area contributed by atoms with E-state index >= 15 is 4.39 Å². The lowest BCUT2D eigenvalue weighted by Gasteiger charge is -2.23. The number of fused-ring (bicyclic) bond motifs is 1. The predicted octanol–water partition coefficient (Wildman–Crippen LogP) is 6.82. The Hall–Kier alpha value is -2.27. The maximum Gasteiger partial charge on any atom is 0.158 e. The van der Waals surface area contributed by atoms with Crippen LogP contribution in [0.3, 0.4) is 0 Å². The molecule has 3 rings (SSSR count). The summed E-state index contributed by atoms with van der Waals surface area (Å²) in [5.41, 5.74) is -0.509. The average molecular weight is 393 g/mol. The molecule has 0 saturated heterocycles. The zero-order valence-corrected chi connectivity index (χ0v) is 16.6. The summed E-state index contributed by atoms with van der Waals surface area (Å²) in [7, 11) is 0. The van der Waals surface area contributed by atoms with E-state index < -0.39 is 17.0 Å². The molecule has 0 saturated carbocycles.